The van der Waals surface area contributed by atoms with Crippen LogP contribution in [0.25, 0.3) is 0 Å². The van der Waals surface area contributed by atoms with Gasteiger partial charge in [0.1, 0.15) is 0 Å². The minimum Gasteiger partial charge on any atom is -0.337 e. The average Bonchev–Trinajstić information content (AvgIpc) is 2.74. The molecule has 0 aliphatic carbocycles. The third kappa shape index (κ3) is 2.46. The number of carbonyl (C=O) groups excluding carboxylic acids is 1. The summed E-state index contributed by atoms with van der Waals surface area (Å²) < 4.78 is 5.05. The molecule has 2 heterocycles. The first-order valence-electron chi connectivity index (χ1n) is 6.07. The van der Waals surface area contributed by atoms with Gasteiger partial charge in [-0.25, -0.2) is 0 Å². The van der Waals surface area contributed by atoms with Crippen molar-refractivity contribution in [2.45, 2.75) is 38.6 Å². The zero-order chi connectivity index (χ0) is 12.3. The van der Waals surface area contributed by atoms with Crippen molar-refractivity contribution >= 4 is 11.9 Å². The number of nitrogens with one attached hydrogen (secondary N) is 1. The van der Waals surface area contributed by atoms with E-state index >= 15 is 0 Å². The van der Waals surface area contributed by atoms with Crippen molar-refractivity contribution in [3.05, 3.63) is 5.89 Å². The van der Waals surface area contributed by atoms with Gasteiger partial charge in [-0.15, -0.1) is 0 Å². The highest BCUT2D eigenvalue weighted by Crippen LogP contribution is 2.17. The van der Waals surface area contributed by atoms with E-state index in [1.807, 2.05) is 6.92 Å². The predicted octanol–water partition coefficient (Wildman–Crippen LogP) is 0.737. The van der Waals surface area contributed by atoms with Crippen LogP contribution in [0.2, 0.25) is 0 Å². The van der Waals surface area contributed by atoms with Crippen LogP contribution in [0.4, 0.5) is 5.95 Å². The number of carbonyl (C=O) groups is 1. The van der Waals surface area contributed by atoms with Crippen LogP contribution in [0.3, 0.4) is 0 Å². The van der Waals surface area contributed by atoms with Gasteiger partial charge in [0.25, 0.3) is 5.95 Å². The van der Waals surface area contributed by atoms with Crippen LogP contribution >= 0.6 is 0 Å². The highest BCUT2D eigenvalue weighted by molar-refractivity contribution is 5.95. The van der Waals surface area contributed by atoms with Crippen LogP contribution in [0.15, 0.2) is 4.52 Å². The molecule has 1 fully saturated rings. The number of hydrogen-bond donors (Lipinski definition) is 1. The third-order valence-electron chi connectivity index (χ3n) is 3.04. The lowest BCUT2D eigenvalue weighted by Gasteiger charge is -2.20. The Kier molecular flexibility index (Phi) is 3.73. The van der Waals surface area contributed by atoms with Crippen LogP contribution in [0.1, 0.15) is 32.1 Å². The second kappa shape index (κ2) is 5.27. The van der Waals surface area contributed by atoms with Crippen LogP contribution in [-0.2, 0) is 11.2 Å². The van der Waals surface area contributed by atoms with Crippen LogP contribution < -0.4 is 10.2 Å². The minimum atomic E-state index is -0.138. The van der Waals surface area contributed by atoms with Gasteiger partial charge in [0, 0.05) is 13.0 Å². The van der Waals surface area contributed by atoms with Crippen LogP contribution in [0.5, 0.6) is 0 Å². The second-order valence-corrected chi connectivity index (χ2v) is 4.17. The number of hydrogen-bond acceptors (Lipinski definition) is 5. The van der Waals surface area contributed by atoms with Gasteiger partial charge in [-0.05, 0) is 31.5 Å². The molecule has 1 aromatic heterocycles. The maximum Gasteiger partial charge on any atom is 0.272 e. The summed E-state index contributed by atoms with van der Waals surface area (Å²) in [5.41, 5.74) is 0. The zero-order valence-electron chi connectivity index (χ0n) is 10.3. The number of nitrogens with zero attached hydrogens (tertiary/aromatic N) is 3. The Morgan fingerprint density at radius 2 is 2.35 bits per heavy atom. The summed E-state index contributed by atoms with van der Waals surface area (Å²) in [6, 6.07) is -0.138. The molecular formula is C11H18N4O2. The van der Waals surface area contributed by atoms with Gasteiger partial charge in [-0.2, -0.15) is 4.98 Å². The van der Waals surface area contributed by atoms with E-state index in [0.717, 1.165) is 19.3 Å². The fourth-order valence-electron chi connectivity index (χ4n) is 2.01. The number of aromatic nitrogens is 2. The van der Waals surface area contributed by atoms with Gasteiger partial charge in [0.05, 0.1) is 6.04 Å². The fraction of sp³-hybridized carbons (Fsp3) is 0.727. The van der Waals surface area contributed by atoms with E-state index in [4.69, 9.17) is 4.52 Å². The number of rotatable bonds is 3. The summed E-state index contributed by atoms with van der Waals surface area (Å²) in [6.45, 7) is 2.61. The van der Waals surface area contributed by atoms with Gasteiger partial charge in [0.15, 0.2) is 0 Å². The van der Waals surface area contributed by atoms with Crippen molar-refractivity contribution in [3.63, 3.8) is 0 Å². The standard InChI is InChI=1S/C11H18N4O2/c1-3-9-13-11(14-17-9)15-7-5-4-6-8(12-2)10(15)16/h8,12H,3-7H2,1-2H3. The molecule has 0 bridgehead atoms. The van der Waals surface area contributed by atoms with E-state index < -0.39 is 0 Å². The SMILES string of the molecule is CCc1nc(N2CCCCC(NC)C2=O)no1. The molecule has 1 saturated heterocycles. The molecule has 0 aromatic carbocycles. The number of amides is 1. The predicted molar refractivity (Wildman–Crippen MR) is 62.7 cm³/mol. The molecule has 6 heteroatoms. The van der Waals surface area contributed by atoms with Gasteiger partial charge < -0.3 is 9.84 Å². The molecule has 6 nitrogen and oxygen atoms in total. The summed E-state index contributed by atoms with van der Waals surface area (Å²) in [6.07, 6.45) is 3.56. The molecular weight excluding hydrogens is 220 g/mol. The molecule has 17 heavy (non-hydrogen) atoms. The molecule has 1 aliphatic rings. The van der Waals surface area contributed by atoms with Gasteiger partial charge in [-0.1, -0.05) is 6.92 Å². The van der Waals surface area contributed by atoms with E-state index in [2.05, 4.69) is 15.5 Å². The Bertz CT molecular complexity index is 391. The largest absolute Gasteiger partial charge is 0.337 e. The number of anilines is 1. The summed E-state index contributed by atoms with van der Waals surface area (Å²) in [7, 11) is 1.81. The average molecular weight is 238 g/mol. The quantitative estimate of drug-likeness (QED) is 0.840. The molecule has 1 unspecified atom stereocenters. The Hall–Kier alpha value is -1.43. The fourth-order valence-corrected chi connectivity index (χ4v) is 2.01. The molecule has 1 atom stereocenters. The summed E-state index contributed by atoms with van der Waals surface area (Å²) >= 11 is 0. The monoisotopic (exact) mass is 238 g/mol. The molecule has 0 radical (unpaired) electrons. The lowest BCUT2D eigenvalue weighted by molar-refractivity contribution is -0.120. The van der Waals surface area contributed by atoms with E-state index in [1.54, 1.807) is 11.9 Å². The molecule has 1 amide bonds. The number of likely N-dealkylation sites (N-methyl/N-ethyl adjacent to an activating group) is 1. The smallest absolute Gasteiger partial charge is 0.272 e. The normalized spacial score (nSPS) is 21.6. The van der Waals surface area contributed by atoms with E-state index in [1.165, 1.54) is 0 Å². The van der Waals surface area contributed by atoms with Gasteiger partial charge in [0.2, 0.25) is 11.8 Å². The van der Waals surface area contributed by atoms with Gasteiger partial charge in [-0.3, -0.25) is 9.69 Å². The lowest BCUT2D eigenvalue weighted by Crippen LogP contribution is -2.44. The maximum absolute atomic E-state index is 12.2. The highest BCUT2D eigenvalue weighted by Gasteiger charge is 2.29. The molecule has 1 aliphatic heterocycles. The van der Waals surface area contributed by atoms with E-state index in [0.29, 0.717) is 24.8 Å². The second-order valence-electron chi connectivity index (χ2n) is 4.17. The first-order chi connectivity index (χ1) is 8.26. The topological polar surface area (TPSA) is 71.3 Å². The van der Waals surface area contributed by atoms with Crippen LogP contribution in [-0.4, -0.2) is 35.7 Å². The van der Waals surface area contributed by atoms with E-state index in [-0.39, 0.29) is 11.9 Å². The minimum absolute atomic E-state index is 0.0356. The Labute approximate surface area is 100 Å². The lowest BCUT2D eigenvalue weighted by atomic mass is 10.1. The molecule has 1 aromatic rings. The Morgan fingerprint density at radius 1 is 1.53 bits per heavy atom. The van der Waals surface area contributed by atoms with Crippen molar-refractivity contribution in [2.24, 2.45) is 0 Å². The summed E-state index contributed by atoms with van der Waals surface area (Å²) in [4.78, 5) is 18.1. The third-order valence-corrected chi connectivity index (χ3v) is 3.04. The maximum atomic E-state index is 12.2. The summed E-state index contributed by atoms with van der Waals surface area (Å²) in [5, 5.41) is 6.90. The Morgan fingerprint density at radius 3 is 3.00 bits per heavy atom. The molecule has 0 spiro atoms. The van der Waals surface area contributed by atoms with Gasteiger partial charge >= 0.3 is 0 Å². The van der Waals surface area contributed by atoms with Crippen molar-refractivity contribution in [3.8, 4) is 0 Å². The van der Waals surface area contributed by atoms with Crippen molar-refractivity contribution < 1.29 is 9.32 Å². The Balaban J connectivity index is 2.19. The van der Waals surface area contributed by atoms with E-state index in [9.17, 15) is 4.79 Å². The highest BCUT2D eigenvalue weighted by atomic mass is 16.5. The van der Waals surface area contributed by atoms with Crippen molar-refractivity contribution in [1.29, 1.82) is 0 Å². The molecule has 1 N–H and O–H groups in total. The van der Waals surface area contributed by atoms with Crippen LogP contribution in [0, 0.1) is 0 Å². The zero-order valence-corrected chi connectivity index (χ0v) is 10.3. The van der Waals surface area contributed by atoms with Crippen molar-refractivity contribution in [2.75, 3.05) is 18.5 Å². The summed E-state index contributed by atoms with van der Waals surface area (Å²) in [5.74, 6) is 1.00. The molecule has 0 saturated carbocycles. The first-order valence-corrected chi connectivity index (χ1v) is 6.07. The molecule has 94 valence electrons. The molecule has 2 rings (SSSR count). The first kappa shape index (κ1) is 12.0. The number of aryl methyl sites for hydroxylation is 1. The van der Waals surface area contributed by atoms with Crippen molar-refractivity contribution in [1.82, 2.24) is 15.5 Å².